The molecule has 4 aliphatic rings. The Balaban J connectivity index is 1.20. The highest BCUT2D eigenvalue weighted by molar-refractivity contribution is 6.33. The van der Waals surface area contributed by atoms with E-state index < -0.39 is 35.0 Å². The number of nitrogens with zero attached hydrogens (tertiary/aromatic N) is 2. The minimum Gasteiger partial charge on any atom is -0.507 e. The fraction of sp³-hybridized carbons (Fsp3) is 0.359. The number of Topliss-reactive ketones (excluding diaryl/α,β-unsaturated/α-hetero) is 2. The molecule has 0 spiro atoms. The highest BCUT2D eigenvalue weighted by Crippen LogP contribution is 2.56. The molecule has 1 aromatic heterocycles. The van der Waals surface area contributed by atoms with Crippen LogP contribution in [0.4, 0.5) is 0 Å². The summed E-state index contributed by atoms with van der Waals surface area (Å²) in [5, 5.41) is 28.7. The van der Waals surface area contributed by atoms with Gasteiger partial charge in [-0.25, -0.2) is 0 Å². The SMILES string of the molecule is CCN1CCCC1c1cc(OCc2ccccc2)c2c(c1Cl)C[C@H]1C[C@H]3[C@H](N)c4onc(OCc5ccccc5)c4C(=O)[C@@]3(O)C(=O)C1=C2O. The van der Waals surface area contributed by atoms with E-state index in [0.717, 1.165) is 42.6 Å². The lowest BCUT2D eigenvalue weighted by Gasteiger charge is -2.47. The zero-order chi connectivity index (χ0) is 34.7. The Morgan fingerprint density at radius 2 is 1.70 bits per heavy atom. The molecular weight excluding hydrogens is 658 g/mol. The maximum absolute atomic E-state index is 14.5. The lowest BCUT2D eigenvalue weighted by atomic mass is 9.57. The first-order valence-electron chi connectivity index (χ1n) is 17.2. The first kappa shape index (κ1) is 32.7. The molecule has 1 saturated heterocycles. The van der Waals surface area contributed by atoms with Crippen LogP contribution >= 0.6 is 11.6 Å². The second-order valence-corrected chi connectivity index (χ2v) is 14.0. The maximum Gasteiger partial charge on any atom is 0.265 e. The molecule has 0 amide bonds. The van der Waals surface area contributed by atoms with Gasteiger partial charge in [-0.2, -0.15) is 0 Å². The molecule has 50 heavy (non-hydrogen) atoms. The number of benzene rings is 3. The van der Waals surface area contributed by atoms with Crippen molar-refractivity contribution in [2.75, 3.05) is 13.1 Å². The Morgan fingerprint density at radius 3 is 2.38 bits per heavy atom. The summed E-state index contributed by atoms with van der Waals surface area (Å²) < 4.78 is 17.8. The molecule has 3 aliphatic carbocycles. The lowest BCUT2D eigenvalue weighted by molar-refractivity contribution is -0.140. The second kappa shape index (κ2) is 12.7. The summed E-state index contributed by atoms with van der Waals surface area (Å²) in [6.07, 6.45) is 2.38. The predicted molar refractivity (Wildman–Crippen MR) is 185 cm³/mol. The summed E-state index contributed by atoms with van der Waals surface area (Å²) in [6.45, 7) is 4.24. The van der Waals surface area contributed by atoms with E-state index in [1.807, 2.05) is 66.7 Å². The van der Waals surface area contributed by atoms with Gasteiger partial charge in [-0.1, -0.05) is 79.2 Å². The third-order valence-electron chi connectivity index (χ3n) is 11.0. The van der Waals surface area contributed by atoms with E-state index in [9.17, 15) is 19.8 Å². The number of aromatic nitrogens is 1. The van der Waals surface area contributed by atoms with Crippen LogP contribution in [0.25, 0.3) is 5.76 Å². The smallest absolute Gasteiger partial charge is 0.265 e. The number of likely N-dealkylation sites (tertiary alicyclic amines) is 1. The fourth-order valence-electron chi connectivity index (χ4n) is 8.43. The molecular formula is C39H38ClN3O7. The number of carbonyl (C=O) groups excluding carboxylic acids is 2. The van der Waals surface area contributed by atoms with Gasteiger partial charge in [0.25, 0.3) is 5.88 Å². The van der Waals surface area contributed by atoms with Gasteiger partial charge in [-0.15, -0.1) is 0 Å². The van der Waals surface area contributed by atoms with Crippen molar-refractivity contribution in [3.8, 4) is 11.6 Å². The molecule has 4 N–H and O–H groups in total. The number of hydrogen-bond acceptors (Lipinski definition) is 10. The fourth-order valence-corrected chi connectivity index (χ4v) is 8.78. The number of aliphatic hydroxyl groups is 2. The number of nitrogens with two attached hydrogens (primary N) is 1. The molecule has 2 fully saturated rings. The van der Waals surface area contributed by atoms with E-state index in [1.54, 1.807) is 0 Å². The summed E-state index contributed by atoms with van der Waals surface area (Å²) in [7, 11) is 0. The first-order chi connectivity index (χ1) is 24.2. The summed E-state index contributed by atoms with van der Waals surface area (Å²) in [6, 6.07) is 19.9. The lowest BCUT2D eigenvalue weighted by Crippen LogP contribution is -2.63. The van der Waals surface area contributed by atoms with Crippen LogP contribution in [0.1, 0.15) is 82.2 Å². The first-order valence-corrected chi connectivity index (χ1v) is 17.5. The van der Waals surface area contributed by atoms with Gasteiger partial charge in [0.1, 0.15) is 30.3 Å². The van der Waals surface area contributed by atoms with Crippen LogP contribution in [0.3, 0.4) is 0 Å². The summed E-state index contributed by atoms with van der Waals surface area (Å²) in [4.78, 5) is 31.1. The van der Waals surface area contributed by atoms with Crippen molar-refractivity contribution in [1.82, 2.24) is 10.1 Å². The number of carbonyl (C=O) groups is 2. The zero-order valence-corrected chi connectivity index (χ0v) is 28.4. The Labute approximate surface area is 294 Å². The van der Waals surface area contributed by atoms with Crippen LogP contribution in [-0.4, -0.2) is 50.5 Å². The quantitative estimate of drug-likeness (QED) is 0.179. The van der Waals surface area contributed by atoms with E-state index in [0.29, 0.717) is 21.9 Å². The van der Waals surface area contributed by atoms with Gasteiger partial charge < -0.3 is 29.9 Å². The van der Waals surface area contributed by atoms with E-state index in [1.165, 1.54) is 0 Å². The largest absolute Gasteiger partial charge is 0.507 e. The number of aliphatic hydroxyl groups excluding tert-OH is 1. The van der Waals surface area contributed by atoms with Crippen molar-refractivity contribution in [2.45, 2.75) is 63.5 Å². The topological polar surface area (TPSA) is 148 Å². The van der Waals surface area contributed by atoms with Crippen molar-refractivity contribution < 1.29 is 33.8 Å². The van der Waals surface area contributed by atoms with Crippen molar-refractivity contribution in [3.63, 3.8) is 0 Å². The van der Waals surface area contributed by atoms with Crippen LogP contribution in [-0.2, 0) is 24.4 Å². The van der Waals surface area contributed by atoms with Gasteiger partial charge in [0.2, 0.25) is 11.6 Å². The molecule has 10 nitrogen and oxygen atoms in total. The third kappa shape index (κ3) is 5.07. The van der Waals surface area contributed by atoms with Crippen molar-refractivity contribution >= 4 is 28.9 Å². The van der Waals surface area contributed by atoms with E-state index in [4.69, 9.17) is 31.3 Å². The van der Waals surface area contributed by atoms with E-state index in [2.05, 4.69) is 17.0 Å². The van der Waals surface area contributed by atoms with Gasteiger partial charge >= 0.3 is 0 Å². The highest BCUT2D eigenvalue weighted by Gasteiger charge is 2.64. The Morgan fingerprint density at radius 1 is 1.02 bits per heavy atom. The minimum absolute atomic E-state index is 0.0344. The van der Waals surface area contributed by atoms with Gasteiger partial charge in [0.15, 0.2) is 11.4 Å². The molecule has 0 radical (unpaired) electrons. The molecule has 1 aliphatic heterocycles. The Hall–Kier alpha value is -4.48. The Kier molecular flexibility index (Phi) is 8.30. The van der Waals surface area contributed by atoms with Crippen LogP contribution < -0.4 is 15.2 Å². The number of halogens is 1. The standard InChI is InChI=1S/C39H38ClN3O7/c1-2-43-15-9-14-27(43)24-18-28(48-19-21-10-5-3-6-11-21)30-25(32(24)40)16-23-17-26-33(41)35-31(37(46)39(26,47)36(45)29(23)34(30)44)38(42-50-35)49-20-22-12-7-4-8-13-22/h3-8,10-13,18,23,26-27,33,44,47H,2,9,14-17,19-20,41H2,1H3/t23-,26-,27?,33-,39-/m0/s1. The van der Waals surface area contributed by atoms with Crippen LogP contribution in [0.5, 0.6) is 11.6 Å². The van der Waals surface area contributed by atoms with Crippen molar-refractivity contribution in [3.05, 3.63) is 116 Å². The molecule has 5 atom stereocenters. The van der Waals surface area contributed by atoms with Gasteiger partial charge in [0, 0.05) is 22.6 Å². The monoisotopic (exact) mass is 695 g/mol. The number of ketones is 2. The molecule has 2 heterocycles. The van der Waals surface area contributed by atoms with E-state index in [-0.39, 0.29) is 60.6 Å². The highest BCUT2D eigenvalue weighted by atomic mass is 35.5. The summed E-state index contributed by atoms with van der Waals surface area (Å²) in [5.74, 6) is -3.46. The molecule has 4 aromatic rings. The van der Waals surface area contributed by atoms with E-state index >= 15 is 0 Å². The number of fused-ring (bicyclic) bond motifs is 4. The molecule has 258 valence electrons. The predicted octanol–water partition coefficient (Wildman–Crippen LogP) is 6.30. The average molecular weight is 696 g/mol. The number of hydrogen-bond donors (Lipinski definition) is 3. The van der Waals surface area contributed by atoms with Crippen LogP contribution in [0, 0.1) is 11.8 Å². The minimum atomic E-state index is -2.57. The second-order valence-electron chi connectivity index (χ2n) is 13.6. The van der Waals surface area contributed by atoms with Crippen LogP contribution in [0.2, 0.25) is 5.02 Å². The summed E-state index contributed by atoms with van der Waals surface area (Å²) >= 11 is 7.25. The Bertz CT molecular complexity index is 2010. The number of rotatable bonds is 8. The van der Waals surface area contributed by atoms with Crippen molar-refractivity contribution in [2.24, 2.45) is 17.6 Å². The molecule has 1 unspecified atom stereocenters. The molecule has 0 bridgehead atoms. The van der Waals surface area contributed by atoms with Crippen molar-refractivity contribution in [1.29, 1.82) is 0 Å². The maximum atomic E-state index is 14.5. The van der Waals surface area contributed by atoms with Gasteiger partial charge in [0.05, 0.1) is 11.6 Å². The van der Waals surface area contributed by atoms with Gasteiger partial charge in [-0.3, -0.25) is 14.5 Å². The zero-order valence-electron chi connectivity index (χ0n) is 27.6. The molecule has 11 heteroatoms. The average Bonchev–Trinajstić information content (AvgIpc) is 3.79. The molecule has 1 saturated carbocycles. The molecule has 3 aromatic carbocycles. The normalized spacial score (nSPS) is 25.9. The number of ether oxygens (including phenoxy) is 2. The van der Waals surface area contributed by atoms with Gasteiger partial charge in [-0.05, 0) is 78.2 Å². The molecule has 8 rings (SSSR count). The van der Waals surface area contributed by atoms with Crippen LogP contribution in [0.15, 0.2) is 76.8 Å². The summed E-state index contributed by atoms with van der Waals surface area (Å²) in [5.41, 5.74) is 7.57. The third-order valence-corrected chi connectivity index (χ3v) is 11.4.